The van der Waals surface area contributed by atoms with Crippen molar-refractivity contribution >= 4 is 5.69 Å². The molecule has 0 unspecified atom stereocenters. The Morgan fingerprint density at radius 2 is 2.00 bits per heavy atom. The molecule has 1 aromatic carbocycles. The van der Waals surface area contributed by atoms with Gasteiger partial charge in [-0.1, -0.05) is 0 Å². The molecule has 0 amide bonds. The summed E-state index contributed by atoms with van der Waals surface area (Å²) in [6, 6.07) is 3.59. The second-order valence-corrected chi connectivity index (χ2v) is 3.76. The minimum atomic E-state index is -2.43. The van der Waals surface area contributed by atoms with Crippen molar-refractivity contribution in [1.29, 1.82) is 0 Å². The normalized spacial score (nSPS) is 12.9. The quantitative estimate of drug-likeness (QED) is 0.864. The molecule has 0 aliphatic rings. The molecule has 2 nitrogen and oxygen atoms in total. The van der Waals surface area contributed by atoms with Gasteiger partial charge in [0.25, 0.3) is 6.43 Å². The summed E-state index contributed by atoms with van der Waals surface area (Å²) in [4.78, 5) is 1.38. The first-order valence-corrected chi connectivity index (χ1v) is 4.96. The van der Waals surface area contributed by atoms with E-state index in [-0.39, 0.29) is 0 Å². The third-order valence-corrected chi connectivity index (χ3v) is 2.30. The van der Waals surface area contributed by atoms with Crippen molar-refractivity contribution in [3.8, 4) is 0 Å². The zero-order chi connectivity index (χ0) is 12.3. The van der Waals surface area contributed by atoms with Crippen LogP contribution < -0.4 is 10.6 Å². The first-order chi connectivity index (χ1) is 7.41. The average Bonchev–Trinajstić information content (AvgIpc) is 2.16. The Kier molecular flexibility index (Phi) is 4.18. The number of hydrogen-bond donors (Lipinski definition) is 1. The molecular weight excluding hydrogens is 217 g/mol. The first-order valence-electron chi connectivity index (χ1n) is 4.96. The highest BCUT2D eigenvalue weighted by Crippen LogP contribution is 2.25. The number of nitrogens with zero attached hydrogens (tertiary/aromatic N) is 1. The molecule has 2 N–H and O–H groups in total. The summed E-state index contributed by atoms with van der Waals surface area (Å²) in [5.74, 6) is -0.415. The fourth-order valence-corrected chi connectivity index (χ4v) is 1.54. The predicted molar refractivity (Wildman–Crippen MR) is 58.3 cm³/mol. The Hall–Kier alpha value is -1.23. The second kappa shape index (κ2) is 5.21. The van der Waals surface area contributed by atoms with Gasteiger partial charge in [-0.3, -0.25) is 0 Å². The van der Waals surface area contributed by atoms with Crippen LogP contribution in [0.5, 0.6) is 0 Å². The molecule has 1 atom stereocenters. The third-order valence-electron chi connectivity index (χ3n) is 2.30. The average molecular weight is 232 g/mol. The highest BCUT2D eigenvalue weighted by molar-refractivity contribution is 5.54. The van der Waals surface area contributed by atoms with Gasteiger partial charge in [-0.25, -0.2) is 13.2 Å². The number of hydrogen-bond acceptors (Lipinski definition) is 2. The monoisotopic (exact) mass is 232 g/mol. The number of nitrogens with two attached hydrogens (primary N) is 1. The van der Waals surface area contributed by atoms with Crippen molar-refractivity contribution in [1.82, 2.24) is 0 Å². The summed E-state index contributed by atoms with van der Waals surface area (Å²) in [7, 11) is 1.53. The van der Waals surface area contributed by atoms with Crippen LogP contribution in [0.4, 0.5) is 18.9 Å². The molecule has 1 rings (SSSR count). The van der Waals surface area contributed by atoms with Crippen LogP contribution in [0.2, 0.25) is 0 Å². The molecule has 5 heteroatoms. The van der Waals surface area contributed by atoms with Crippen LogP contribution in [0, 0.1) is 5.82 Å². The molecule has 0 bridgehead atoms. The van der Waals surface area contributed by atoms with Gasteiger partial charge < -0.3 is 10.6 Å². The van der Waals surface area contributed by atoms with Crippen LogP contribution in [-0.2, 0) is 0 Å². The summed E-state index contributed by atoms with van der Waals surface area (Å²) in [6.45, 7) is 1.29. The van der Waals surface area contributed by atoms with E-state index in [1.165, 1.54) is 30.1 Å². The van der Waals surface area contributed by atoms with Gasteiger partial charge in [0, 0.05) is 18.8 Å². The summed E-state index contributed by atoms with van der Waals surface area (Å²) >= 11 is 0. The van der Waals surface area contributed by atoms with Crippen LogP contribution in [-0.4, -0.2) is 20.0 Å². The molecule has 0 aliphatic carbocycles. The third kappa shape index (κ3) is 3.13. The lowest BCUT2D eigenvalue weighted by Crippen LogP contribution is -2.26. The zero-order valence-electron chi connectivity index (χ0n) is 9.25. The van der Waals surface area contributed by atoms with Crippen molar-refractivity contribution in [2.24, 2.45) is 5.73 Å². The van der Waals surface area contributed by atoms with Crippen LogP contribution in [0.3, 0.4) is 0 Å². The molecule has 0 fully saturated rings. The van der Waals surface area contributed by atoms with Gasteiger partial charge in [0.05, 0.1) is 6.54 Å². The van der Waals surface area contributed by atoms with Crippen LogP contribution in [0.25, 0.3) is 0 Å². The van der Waals surface area contributed by atoms with Crippen molar-refractivity contribution in [3.05, 3.63) is 29.6 Å². The molecule has 16 heavy (non-hydrogen) atoms. The second-order valence-electron chi connectivity index (χ2n) is 3.76. The highest BCUT2D eigenvalue weighted by Gasteiger charge is 2.14. The first kappa shape index (κ1) is 12.8. The lowest BCUT2D eigenvalue weighted by atomic mass is 10.1. The van der Waals surface area contributed by atoms with E-state index < -0.39 is 24.8 Å². The number of benzene rings is 1. The van der Waals surface area contributed by atoms with Crippen molar-refractivity contribution in [2.75, 3.05) is 18.5 Å². The fraction of sp³-hybridized carbons (Fsp3) is 0.455. The fourth-order valence-electron chi connectivity index (χ4n) is 1.54. The van der Waals surface area contributed by atoms with Gasteiger partial charge in [0.2, 0.25) is 0 Å². The molecule has 0 aliphatic heterocycles. The Morgan fingerprint density at radius 3 is 2.50 bits per heavy atom. The minimum absolute atomic E-state index is 0.397. The van der Waals surface area contributed by atoms with E-state index in [4.69, 9.17) is 5.73 Å². The topological polar surface area (TPSA) is 29.3 Å². The Bertz CT molecular complexity index is 353. The maximum atomic E-state index is 13.0. The van der Waals surface area contributed by atoms with Crippen LogP contribution in [0.15, 0.2) is 18.2 Å². The van der Waals surface area contributed by atoms with E-state index in [0.717, 1.165) is 0 Å². The lowest BCUT2D eigenvalue weighted by molar-refractivity contribution is 0.156. The molecule has 90 valence electrons. The van der Waals surface area contributed by atoms with E-state index in [0.29, 0.717) is 11.3 Å². The maximum absolute atomic E-state index is 13.0. The van der Waals surface area contributed by atoms with Gasteiger partial charge in [0.1, 0.15) is 5.82 Å². The van der Waals surface area contributed by atoms with Crippen LogP contribution in [0.1, 0.15) is 18.5 Å². The van der Waals surface area contributed by atoms with E-state index in [1.807, 2.05) is 0 Å². The van der Waals surface area contributed by atoms with Crippen LogP contribution >= 0.6 is 0 Å². The van der Waals surface area contributed by atoms with Crippen molar-refractivity contribution in [3.63, 3.8) is 0 Å². The number of anilines is 1. The summed E-state index contributed by atoms with van der Waals surface area (Å²) < 4.78 is 37.5. The van der Waals surface area contributed by atoms with Gasteiger partial charge in [0.15, 0.2) is 0 Å². The molecule has 0 saturated carbocycles. The van der Waals surface area contributed by atoms with E-state index >= 15 is 0 Å². The SMILES string of the molecule is C[C@H](N)c1cc(F)ccc1N(C)CC(F)F. The Morgan fingerprint density at radius 1 is 1.38 bits per heavy atom. The van der Waals surface area contributed by atoms with E-state index in [9.17, 15) is 13.2 Å². The summed E-state index contributed by atoms with van der Waals surface area (Å²) in [5.41, 5.74) is 6.74. The summed E-state index contributed by atoms with van der Waals surface area (Å²) in [5, 5.41) is 0. The van der Waals surface area contributed by atoms with Gasteiger partial charge in [-0.15, -0.1) is 0 Å². The molecule has 0 spiro atoms. The number of halogens is 3. The van der Waals surface area contributed by atoms with Crippen molar-refractivity contribution in [2.45, 2.75) is 19.4 Å². The molecule has 0 aromatic heterocycles. The molecular formula is C11H15F3N2. The number of rotatable bonds is 4. The van der Waals surface area contributed by atoms with Crippen molar-refractivity contribution < 1.29 is 13.2 Å². The smallest absolute Gasteiger partial charge is 0.255 e. The highest BCUT2D eigenvalue weighted by atomic mass is 19.3. The molecule has 0 radical (unpaired) electrons. The van der Waals surface area contributed by atoms with Gasteiger partial charge in [-0.05, 0) is 30.7 Å². The summed E-state index contributed by atoms with van der Waals surface area (Å²) in [6.07, 6.45) is -2.43. The zero-order valence-corrected chi connectivity index (χ0v) is 9.25. The molecule has 1 aromatic rings. The van der Waals surface area contributed by atoms with E-state index in [2.05, 4.69) is 0 Å². The lowest BCUT2D eigenvalue weighted by Gasteiger charge is -2.23. The molecule has 0 heterocycles. The number of alkyl halides is 2. The minimum Gasteiger partial charge on any atom is -0.369 e. The Labute approximate surface area is 92.9 Å². The Balaban J connectivity index is 3.02. The predicted octanol–water partition coefficient (Wildman–Crippen LogP) is 2.55. The standard InChI is InChI=1S/C11H15F3N2/c1-7(15)9-5-8(12)3-4-10(9)16(2)6-11(13)14/h3-5,7,11H,6,15H2,1-2H3/t7-/m0/s1. The van der Waals surface area contributed by atoms with Gasteiger partial charge in [-0.2, -0.15) is 0 Å². The van der Waals surface area contributed by atoms with E-state index in [1.54, 1.807) is 6.92 Å². The van der Waals surface area contributed by atoms with Gasteiger partial charge >= 0.3 is 0 Å². The molecule has 0 saturated heterocycles. The maximum Gasteiger partial charge on any atom is 0.255 e. The largest absolute Gasteiger partial charge is 0.369 e.